The third-order valence-electron chi connectivity index (χ3n) is 5.59. The SMILES string of the molecule is COc1cccc2c1CC(CNCC1CCN(c3ncccn3)CC1)CO2. The van der Waals surface area contributed by atoms with E-state index in [1.165, 1.54) is 18.4 Å². The Hall–Kier alpha value is -2.34. The standard InChI is InChI=1S/C21H28N4O2/c1-26-19-4-2-5-20-18(19)12-17(15-27-20)14-22-13-16-6-10-25(11-7-16)21-23-8-3-9-24-21/h2-5,8-9,16-17,22H,6-7,10-15H2,1H3. The second kappa shape index (κ2) is 8.57. The monoisotopic (exact) mass is 368 g/mol. The number of nitrogens with zero attached hydrogens (tertiary/aromatic N) is 3. The van der Waals surface area contributed by atoms with Gasteiger partial charge in [0.15, 0.2) is 0 Å². The zero-order valence-electron chi connectivity index (χ0n) is 15.9. The van der Waals surface area contributed by atoms with Crippen LogP contribution in [0.2, 0.25) is 0 Å². The highest BCUT2D eigenvalue weighted by Gasteiger charge is 2.24. The van der Waals surface area contributed by atoms with Crippen LogP contribution in [0.4, 0.5) is 5.95 Å². The summed E-state index contributed by atoms with van der Waals surface area (Å²) in [4.78, 5) is 11.0. The molecule has 0 spiro atoms. The van der Waals surface area contributed by atoms with Crippen LogP contribution < -0.4 is 19.7 Å². The number of hydrogen-bond donors (Lipinski definition) is 1. The van der Waals surface area contributed by atoms with Gasteiger partial charge >= 0.3 is 0 Å². The predicted octanol–water partition coefficient (Wildman–Crippen LogP) is 2.54. The molecule has 1 atom stereocenters. The van der Waals surface area contributed by atoms with Gasteiger partial charge in [0.2, 0.25) is 5.95 Å². The van der Waals surface area contributed by atoms with Crippen LogP contribution in [0, 0.1) is 11.8 Å². The van der Waals surface area contributed by atoms with E-state index >= 15 is 0 Å². The fourth-order valence-electron chi connectivity index (χ4n) is 4.04. The molecule has 6 heteroatoms. The van der Waals surface area contributed by atoms with E-state index in [-0.39, 0.29) is 0 Å². The summed E-state index contributed by atoms with van der Waals surface area (Å²) < 4.78 is 11.4. The van der Waals surface area contributed by atoms with Gasteiger partial charge in [-0.25, -0.2) is 9.97 Å². The van der Waals surface area contributed by atoms with Gasteiger partial charge in [0.05, 0.1) is 13.7 Å². The molecule has 0 bridgehead atoms. The van der Waals surface area contributed by atoms with Crippen molar-refractivity contribution in [3.8, 4) is 11.5 Å². The third-order valence-corrected chi connectivity index (χ3v) is 5.59. The number of aromatic nitrogens is 2. The van der Waals surface area contributed by atoms with E-state index in [4.69, 9.17) is 9.47 Å². The average Bonchev–Trinajstić information content (AvgIpc) is 2.74. The topological polar surface area (TPSA) is 59.5 Å². The Morgan fingerprint density at radius 2 is 1.89 bits per heavy atom. The van der Waals surface area contributed by atoms with Gasteiger partial charge in [0.1, 0.15) is 11.5 Å². The maximum atomic E-state index is 5.94. The number of benzene rings is 1. The molecule has 0 aliphatic carbocycles. The maximum absolute atomic E-state index is 5.94. The highest BCUT2D eigenvalue weighted by Crippen LogP contribution is 2.34. The number of methoxy groups -OCH3 is 1. The Balaban J connectivity index is 1.21. The van der Waals surface area contributed by atoms with E-state index in [9.17, 15) is 0 Å². The molecule has 1 saturated heterocycles. The average molecular weight is 368 g/mol. The maximum Gasteiger partial charge on any atom is 0.225 e. The molecular weight excluding hydrogens is 340 g/mol. The summed E-state index contributed by atoms with van der Waals surface area (Å²) in [5.74, 6) is 3.98. The lowest BCUT2D eigenvalue weighted by Crippen LogP contribution is -2.40. The van der Waals surface area contributed by atoms with Crippen LogP contribution in [-0.2, 0) is 6.42 Å². The molecule has 0 saturated carbocycles. The molecule has 1 unspecified atom stereocenters. The van der Waals surface area contributed by atoms with Gasteiger partial charge in [0, 0.05) is 43.5 Å². The van der Waals surface area contributed by atoms with Gasteiger partial charge in [-0.1, -0.05) is 6.07 Å². The molecule has 0 amide bonds. The summed E-state index contributed by atoms with van der Waals surface area (Å²) >= 11 is 0. The number of fused-ring (bicyclic) bond motifs is 1. The van der Waals surface area contributed by atoms with E-state index in [2.05, 4.69) is 20.2 Å². The number of nitrogens with one attached hydrogen (secondary N) is 1. The molecule has 6 nitrogen and oxygen atoms in total. The first kappa shape index (κ1) is 18.0. The van der Waals surface area contributed by atoms with Crippen molar-refractivity contribution in [2.45, 2.75) is 19.3 Å². The number of piperidine rings is 1. The molecule has 2 aliphatic rings. The first-order chi connectivity index (χ1) is 13.3. The smallest absolute Gasteiger partial charge is 0.225 e. The lowest BCUT2D eigenvalue weighted by molar-refractivity contribution is 0.211. The first-order valence-electron chi connectivity index (χ1n) is 9.85. The van der Waals surface area contributed by atoms with Crippen LogP contribution in [0.5, 0.6) is 11.5 Å². The summed E-state index contributed by atoms with van der Waals surface area (Å²) in [5, 5.41) is 3.68. The Kier molecular flexibility index (Phi) is 5.72. The van der Waals surface area contributed by atoms with Gasteiger partial charge in [-0.2, -0.15) is 0 Å². The van der Waals surface area contributed by atoms with Crippen LogP contribution in [0.3, 0.4) is 0 Å². The van der Waals surface area contributed by atoms with Gasteiger partial charge in [0.25, 0.3) is 0 Å². The van der Waals surface area contributed by atoms with Crippen molar-refractivity contribution in [1.82, 2.24) is 15.3 Å². The second-order valence-corrected chi connectivity index (χ2v) is 7.46. The van der Waals surface area contributed by atoms with Crippen LogP contribution in [0.1, 0.15) is 18.4 Å². The van der Waals surface area contributed by atoms with Gasteiger partial charge < -0.3 is 19.7 Å². The number of ether oxygens (including phenoxy) is 2. The van der Waals surface area contributed by atoms with Crippen molar-refractivity contribution in [3.05, 3.63) is 42.2 Å². The van der Waals surface area contributed by atoms with Crippen molar-refractivity contribution in [1.29, 1.82) is 0 Å². The zero-order valence-corrected chi connectivity index (χ0v) is 15.9. The van der Waals surface area contributed by atoms with Crippen molar-refractivity contribution >= 4 is 5.95 Å². The predicted molar refractivity (Wildman–Crippen MR) is 106 cm³/mol. The van der Waals surface area contributed by atoms with Crippen LogP contribution in [0.25, 0.3) is 0 Å². The minimum atomic E-state index is 0.492. The number of rotatable bonds is 6. The molecule has 144 valence electrons. The summed E-state index contributed by atoms with van der Waals surface area (Å²) in [6.07, 6.45) is 7.01. The van der Waals surface area contributed by atoms with E-state index in [0.717, 1.165) is 62.6 Å². The number of hydrogen-bond acceptors (Lipinski definition) is 6. The second-order valence-electron chi connectivity index (χ2n) is 7.46. The van der Waals surface area contributed by atoms with Crippen molar-refractivity contribution in [3.63, 3.8) is 0 Å². The molecule has 2 aromatic rings. The Bertz CT molecular complexity index is 718. The minimum Gasteiger partial charge on any atom is -0.496 e. The highest BCUT2D eigenvalue weighted by molar-refractivity contribution is 5.46. The minimum absolute atomic E-state index is 0.492. The lowest BCUT2D eigenvalue weighted by atomic mass is 9.94. The molecular formula is C21H28N4O2. The molecule has 0 radical (unpaired) electrons. The summed E-state index contributed by atoms with van der Waals surface area (Å²) in [7, 11) is 1.73. The molecule has 1 aromatic heterocycles. The van der Waals surface area contributed by atoms with Gasteiger partial charge in [-0.05, 0) is 49.9 Å². The van der Waals surface area contributed by atoms with Crippen molar-refractivity contribution in [2.75, 3.05) is 44.8 Å². The Morgan fingerprint density at radius 3 is 2.67 bits per heavy atom. The van der Waals surface area contributed by atoms with Crippen LogP contribution in [-0.4, -0.2) is 49.9 Å². The van der Waals surface area contributed by atoms with E-state index in [0.29, 0.717) is 5.92 Å². The van der Waals surface area contributed by atoms with Gasteiger partial charge in [-0.15, -0.1) is 0 Å². The fourth-order valence-corrected chi connectivity index (χ4v) is 4.04. The molecule has 2 aliphatic heterocycles. The van der Waals surface area contributed by atoms with Crippen LogP contribution >= 0.6 is 0 Å². The molecule has 3 heterocycles. The quantitative estimate of drug-likeness (QED) is 0.846. The molecule has 1 N–H and O–H groups in total. The van der Waals surface area contributed by atoms with E-state index in [1.54, 1.807) is 7.11 Å². The fraction of sp³-hybridized carbons (Fsp3) is 0.524. The Morgan fingerprint density at radius 1 is 1.11 bits per heavy atom. The van der Waals surface area contributed by atoms with E-state index < -0.39 is 0 Å². The van der Waals surface area contributed by atoms with E-state index in [1.807, 2.05) is 36.7 Å². The van der Waals surface area contributed by atoms with Crippen molar-refractivity contribution in [2.24, 2.45) is 11.8 Å². The highest BCUT2D eigenvalue weighted by atomic mass is 16.5. The summed E-state index contributed by atoms with van der Waals surface area (Å²) in [5.41, 5.74) is 1.20. The largest absolute Gasteiger partial charge is 0.496 e. The normalized spacial score (nSPS) is 20.0. The third kappa shape index (κ3) is 4.33. The molecule has 4 rings (SSSR count). The lowest BCUT2D eigenvalue weighted by Gasteiger charge is -2.32. The van der Waals surface area contributed by atoms with Crippen molar-refractivity contribution < 1.29 is 9.47 Å². The van der Waals surface area contributed by atoms with Gasteiger partial charge in [-0.3, -0.25) is 0 Å². The first-order valence-corrected chi connectivity index (χ1v) is 9.85. The molecule has 27 heavy (non-hydrogen) atoms. The molecule has 1 aromatic carbocycles. The summed E-state index contributed by atoms with van der Waals surface area (Å²) in [6, 6.07) is 7.90. The molecule has 1 fully saturated rings. The zero-order chi connectivity index (χ0) is 18.5. The number of anilines is 1. The van der Waals surface area contributed by atoms with Crippen LogP contribution in [0.15, 0.2) is 36.7 Å². The Labute approximate surface area is 160 Å². The summed E-state index contributed by atoms with van der Waals surface area (Å²) in [6.45, 7) is 4.90.